The molecule has 162 valence electrons. The first kappa shape index (κ1) is 22.9. The highest BCUT2D eigenvalue weighted by Gasteiger charge is 2.14. The van der Waals surface area contributed by atoms with E-state index in [9.17, 15) is 15.2 Å². The Morgan fingerprint density at radius 2 is 1.91 bits per heavy atom. The van der Waals surface area contributed by atoms with Gasteiger partial charge in [-0.15, -0.1) is 0 Å². The Labute approximate surface area is 194 Å². The number of nitriles is 1. The maximum atomic E-state index is 12.5. The van der Waals surface area contributed by atoms with E-state index in [0.717, 1.165) is 11.1 Å². The van der Waals surface area contributed by atoms with Gasteiger partial charge in [-0.3, -0.25) is 4.79 Å². The van der Waals surface area contributed by atoms with E-state index in [1.165, 1.54) is 25.3 Å². The average Bonchev–Trinajstić information content (AvgIpc) is 2.78. The first-order valence-corrected chi connectivity index (χ1v) is 10.5. The molecule has 0 aliphatic carbocycles. The van der Waals surface area contributed by atoms with Gasteiger partial charge in [0.15, 0.2) is 11.5 Å². The number of phenols is 1. The maximum absolute atomic E-state index is 12.5. The van der Waals surface area contributed by atoms with Crippen LogP contribution < -0.4 is 14.8 Å². The predicted molar refractivity (Wildman–Crippen MR) is 127 cm³/mol. The molecule has 6 nitrogen and oxygen atoms in total. The Hall–Kier alpha value is -3.76. The summed E-state index contributed by atoms with van der Waals surface area (Å²) in [6.07, 6.45) is 1.46. The molecule has 32 heavy (non-hydrogen) atoms. The molecule has 0 heterocycles. The highest BCUT2D eigenvalue weighted by molar-refractivity contribution is 9.10. The molecule has 0 saturated heterocycles. The summed E-state index contributed by atoms with van der Waals surface area (Å²) in [6, 6.07) is 19.4. The number of ether oxygens (including phenoxy) is 2. The zero-order valence-electron chi connectivity index (χ0n) is 17.6. The number of carbonyl (C=O) groups excluding carboxylic acids is 1. The van der Waals surface area contributed by atoms with Gasteiger partial charge in [-0.05, 0) is 60.5 Å². The van der Waals surface area contributed by atoms with Gasteiger partial charge < -0.3 is 19.9 Å². The van der Waals surface area contributed by atoms with Crippen molar-refractivity contribution >= 4 is 33.6 Å². The molecule has 7 heteroatoms. The number of nitrogens with one attached hydrogen (secondary N) is 1. The van der Waals surface area contributed by atoms with Crippen molar-refractivity contribution < 1.29 is 19.4 Å². The van der Waals surface area contributed by atoms with E-state index in [1.54, 1.807) is 24.3 Å². The number of hydrogen-bond acceptors (Lipinski definition) is 5. The molecule has 0 aromatic heterocycles. The van der Waals surface area contributed by atoms with Gasteiger partial charge in [0.2, 0.25) is 0 Å². The summed E-state index contributed by atoms with van der Waals surface area (Å²) < 4.78 is 12.0. The van der Waals surface area contributed by atoms with Gasteiger partial charge in [0.05, 0.1) is 7.11 Å². The number of phenolic OH excluding ortho intramolecular Hbond substituents is 1. The normalized spacial score (nSPS) is 10.9. The van der Waals surface area contributed by atoms with Crippen molar-refractivity contribution in [1.82, 2.24) is 0 Å². The van der Waals surface area contributed by atoms with E-state index in [0.29, 0.717) is 33.8 Å². The summed E-state index contributed by atoms with van der Waals surface area (Å²) in [5.74, 6) is 0.525. The van der Waals surface area contributed by atoms with Crippen LogP contribution in [-0.4, -0.2) is 18.1 Å². The molecule has 0 aliphatic heterocycles. The highest BCUT2D eigenvalue weighted by atomic mass is 79.9. The van der Waals surface area contributed by atoms with Crippen LogP contribution in [0, 0.1) is 18.3 Å². The minimum absolute atomic E-state index is 0.0831. The molecule has 0 unspecified atom stereocenters. The van der Waals surface area contributed by atoms with Crippen molar-refractivity contribution in [2.45, 2.75) is 13.5 Å². The topological polar surface area (TPSA) is 91.6 Å². The number of halogens is 1. The molecule has 0 saturated carbocycles. The number of aryl methyl sites for hydroxylation is 1. The van der Waals surface area contributed by atoms with E-state index in [-0.39, 0.29) is 11.3 Å². The number of benzene rings is 3. The fourth-order valence-electron chi connectivity index (χ4n) is 2.94. The number of nitrogens with zero attached hydrogens (tertiary/aromatic N) is 1. The van der Waals surface area contributed by atoms with Crippen LogP contribution >= 0.6 is 15.9 Å². The fourth-order valence-corrected chi connectivity index (χ4v) is 3.38. The number of aromatic hydroxyl groups is 1. The Kier molecular flexibility index (Phi) is 7.53. The first-order valence-electron chi connectivity index (χ1n) is 9.67. The van der Waals surface area contributed by atoms with Gasteiger partial charge in [-0.25, -0.2) is 0 Å². The fraction of sp³-hybridized carbons (Fsp3) is 0.120. The molecule has 3 aromatic rings. The number of hydrogen-bond donors (Lipinski definition) is 2. The van der Waals surface area contributed by atoms with Gasteiger partial charge in [0.1, 0.15) is 24.0 Å². The SMILES string of the molecule is COc1cc(/C=C(\C#N)C(=O)Nc2ccc(O)cc2)c(Br)cc1OCc1cccc(C)c1. The summed E-state index contributed by atoms with van der Waals surface area (Å²) in [7, 11) is 1.53. The molecule has 0 radical (unpaired) electrons. The van der Waals surface area contributed by atoms with Crippen molar-refractivity contribution in [3.8, 4) is 23.3 Å². The molecule has 2 N–H and O–H groups in total. The largest absolute Gasteiger partial charge is 0.508 e. The molecule has 1 amide bonds. The van der Waals surface area contributed by atoms with Crippen LogP contribution in [0.5, 0.6) is 17.2 Å². The van der Waals surface area contributed by atoms with Crippen molar-refractivity contribution in [2.24, 2.45) is 0 Å². The van der Waals surface area contributed by atoms with Crippen molar-refractivity contribution in [2.75, 3.05) is 12.4 Å². The van der Waals surface area contributed by atoms with Gasteiger partial charge in [0, 0.05) is 10.2 Å². The van der Waals surface area contributed by atoms with Crippen LogP contribution in [0.4, 0.5) is 5.69 Å². The van der Waals surface area contributed by atoms with Crippen LogP contribution in [0.15, 0.2) is 70.7 Å². The van der Waals surface area contributed by atoms with E-state index in [4.69, 9.17) is 9.47 Å². The minimum Gasteiger partial charge on any atom is -0.508 e. The lowest BCUT2D eigenvalue weighted by molar-refractivity contribution is -0.112. The smallest absolute Gasteiger partial charge is 0.266 e. The summed E-state index contributed by atoms with van der Waals surface area (Å²) in [4.78, 5) is 12.5. The number of methoxy groups -OCH3 is 1. The van der Waals surface area contributed by atoms with Crippen LogP contribution in [0.2, 0.25) is 0 Å². The first-order chi connectivity index (χ1) is 15.4. The molecule has 0 bridgehead atoms. The highest BCUT2D eigenvalue weighted by Crippen LogP contribution is 2.35. The zero-order chi connectivity index (χ0) is 23.1. The molecule has 0 atom stereocenters. The van der Waals surface area contributed by atoms with Crippen molar-refractivity contribution in [3.05, 3.63) is 87.4 Å². The number of anilines is 1. The van der Waals surface area contributed by atoms with E-state index in [1.807, 2.05) is 37.3 Å². The monoisotopic (exact) mass is 492 g/mol. The molecular weight excluding hydrogens is 472 g/mol. The number of rotatable bonds is 7. The van der Waals surface area contributed by atoms with Gasteiger partial charge in [-0.1, -0.05) is 45.8 Å². The lowest BCUT2D eigenvalue weighted by Gasteiger charge is -2.13. The van der Waals surface area contributed by atoms with Crippen LogP contribution in [-0.2, 0) is 11.4 Å². The molecule has 3 aromatic carbocycles. The van der Waals surface area contributed by atoms with Gasteiger partial charge >= 0.3 is 0 Å². The van der Waals surface area contributed by atoms with Crippen molar-refractivity contribution in [3.63, 3.8) is 0 Å². The molecule has 3 rings (SSSR count). The number of amides is 1. The molecule has 0 aliphatic rings. The molecule has 0 fully saturated rings. The van der Waals surface area contributed by atoms with Crippen LogP contribution in [0.3, 0.4) is 0 Å². The lowest BCUT2D eigenvalue weighted by atomic mass is 10.1. The van der Waals surface area contributed by atoms with E-state index < -0.39 is 5.91 Å². The summed E-state index contributed by atoms with van der Waals surface area (Å²) in [6.45, 7) is 2.39. The summed E-state index contributed by atoms with van der Waals surface area (Å²) in [5.41, 5.74) is 3.14. The van der Waals surface area contributed by atoms with Crippen LogP contribution in [0.1, 0.15) is 16.7 Å². The second-order valence-corrected chi connectivity index (χ2v) is 7.83. The third kappa shape index (κ3) is 5.90. The quantitative estimate of drug-likeness (QED) is 0.254. The standard InChI is InChI=1S/C25H21BrN2O4/c1-16-4-3-5-17(10-16)15-32-24-13-22(26)18(12-23(24)31-2)11-19(14-27)25(30)28-20-6-8-21(29)9-7-20/h3-13,29H,15H2,1-2H3,(H,28,30)/b19-11+. The Morgan fingerprint density at radius 1 is 1.16 bits per heavy atom. The third-order valence-electron chi connectivity index (χ3n) is 4.55. The van der Waals surface area contributed by atoms with Crippen molar-refractivity contribution in [1.29, 1.82) is 5.26 Å². The zero-order valence-corrected chi connectivity index (χ0v) is 19.1. The predicted octanol–water partition coefficient (Wildman–Crippen LogP) is 5.60. The average molecular weight is 493 g/mol. The Morgan fingerprint density at radius 3 is 2.56 bits per heavy atom. The molecular formula is C25H21BrN2O4. The summed E-state index contributed by atoms with van der Waals surface area (Å²) >= 11 is 3.48. The van der Waals surface area contributed by atoms with E-state index in [2.05, 4.69) is 21.2 Å². The third-order valence-corrected chi connectivity index (χ3v) is 5.24. The second-order valence-electron chi connectivity index (χ2n) is 6.97. The second kappa shape index (κ2) is 10.5. The number of carbonyl (C=O) groups is 1. The summed E-state index contributed by atoms with van der Waals surface area (Å²) in [5, 5.41) is 21.5. The van der Waals surface area contributed by atoms with Gasteiger partial charge in [0.25, 0.3) is 5.91 Å². The minimum atomic E-state index is -0.566. The molecule has 0 spiro atoms. The van der Waals surface area contributed by atoms with Crippen LogP contribution in [0.25, 0.3) is 6.08 Å². The lowest BCUT2D eigenvalue weighted by Crippen LogP contribution is -2.13. The van der Waals surface area contributed by atoms with Gasteiger partial charge in [-0.2, -0.15) is 5.26 Å². The van der Waals surface area contributed by atoms with E-state index >= 15 is 0 Å². The Bertz CT molecular complexity index is 1200. The Balaban J connectivity index is 1.81. The maximum Gasteiger partial charge on any atom is 0.266 e.